The number of carbonyl (C=O) groups excluding carboxylic acids is 1. The van der Waals surface area contributed by atoms with Crippen molar-refractivity contribution in [3.05, 3.63) is 59.1 Å². The molecule has 7 heteroatoms. The van der Waals surface area contributed by atoms with Crippen molar-refractivity contribution in [2.45, 2.75) is 6.92 Å². The molecule has 2 aromatic rings. The van der Waals surface area contributed by atoms with Crippen molar-refractivity contribution in [1.29, 1.82) is 0 Å². The van der Waals surface area contributed by atoms with Crippen molar-refractivity contribution >= 4 is 40.3 Å². The van der Waals surface area contributed by atoms with Crippen molar-refractivity contribution in [3.8, 4) is 0 Å². The van der Waals surface area contributed by atoms with Crippen LogP contribution in [0, 0.1) is 6.92 Å². The Morgan fingerprint density at radius 2 is 1.81 bits per heavy atom. The van der Waals surface area contributed by atoms with E-state index in [0.717, 1.165) is 5.56 Å². The molecule has 110 valence electrons. The highest BCUT2D eigenvalue weighted by molar-refractivity contribution is 7.81. The SMILES string of the molecule is Cc1ccc(NC(=O)N(c2ccccc2Cl)S(=O)O)cc1. The van der Waals surface area contributed by atoms with Gasteiger partial charge in [-0.2, -0.15) is 4.31 Å². The van der Waals surface area contributed by atoms with E-state index in [1.54, 1.807) is 24.3 Å². The summed E-state index contributed by atoms with van der Waals surface area (Å²) in [5, 5.41) is 2.76. The Balaban J connectivity index is 2.27. The minimum atomic E-state index is -2.54. The highest BCUT2D eigenvalue weighted by Crippen LogP contribution is 2.26. The lowest BCUT2D eigenvalue weighted by molar-refractivity contribution is 0.259. The Morgan fingerprint density at radius 1 is 1.19 bits per heavy atom. The first kappa shape index (κ1) is 15.5. The van der Waals surface area contributed by atoms with E-state index in [-0.39, 0.29) is 10.7 Å². The Labute approximate surface area is 130 Å². The molecule has 0 aromatic heterocycles. The summed E-state index contributed by atoms with van der Waals surface area (Å²) in [6, 6.07) is 12.6. The number of urea groups is 1. The largest absolute Gasteiger partial charge is 0.340 e. The molecule has 0 heterocycles. The Morgan fingerprint density at radius 3 is 2.38 bits per heavy atom. The van der Waals surface area contributed by atoms with Gasteiger partial charge in [0.05, 0.1) is 10.7 Å². The van der Waals surface area contributed by atoms with Crippen LogP contribution in [-0.2, 0) is 11.3 Å². The normalized spacial score (nSPS) is 11.8. The van der Waals surface area contributed by atoms with Crippen LogP contribution in [0.15, 0.2) is 48.5 Å². The smallest absolute Gasteiger partial charge is 0.307 e. The molecule has 0 fully saturated rings. The summed E-state index contributed by atoms with van der Waals surface area (Å²) in [5.74, 6) is 0. The number of benzene rings is 2. The summed E-state index contributed by atoms with van der Waals surface area (Å²) in [5.41, 5.74) is 1.72. The summed E-state index contributed by atoms with van der Waals surface area (Å²) >= 11 is 3.43. The van der Waals surface area contributed by atoms with Gasteiger partial charge in [-0.3, -0.25) is 4.55 Å². The fraction of sp³-hybridized carbons (Fsp3) is 0.0714. The maximum atomic E-state index is 12.2. The lowest BCUT2D eigenvalue weighted by atomic mass is 10.2. The molecule has 2 amide bonds. The maximum absolute atomic E-state index is 12.2. The molecule has 0 aliphatic heterocycles. The van der Waals surface area contributed by atoms with Gasteiger partial charge in [-0.25, -0.2) is 9.00 Å². The van der Waals surface area contributed by atoms with Crippen LogP contribution in [0.5, 0.6) is 0 Å². The number of hydrogen-bond donors (Lipinski definition) is 2. The number of carbonyl (C=O) groups is 1. The van der Waals surface area contributed by atoms with Gasteiger partial charge in [-0.1, -0.05) is 41.4 Å². The zero-order valence-electron chi connectivity index (χ0n) is 11.1. The molecule has 0 saturated carbocycles. The van der Waals surface area contributed by atoms with Gasteiger partial charge in [-0.15, -0.1) is 0 Å². The molecule has 1 atom stereocenters. The number of amides is 2. The number of para-hydroxylation sites is 1. The van der Waals surface area contributed by atoms with Crippen molar-refractivity contribution < 1.29 is 13.6 Å². The second-order valence-electron chi connectivity index (χ2n) is 4.27. The molecule has 2 aromatic carbocycles. The second kappa shape index (κ2) is 6.71. The van der Waals surface area contributed by atoms with E-state index in [0.29, 0.717) is 9.99 Å². The summed E-state index contributed by atoms with van der Waals surface area (Å²) in [6.45, 7) is 1.92. The van der Waals surface area contributed by atoms with Gasteiger partial charge in [0, 0.05) is 5.69 Å². The monoisotopic (exact) mass is 324 g/mol. The number of nitrogens with zero attached hydrogens (tertiary/aromatic N) is 1. The molecule has 0 aliphatic rings. The first-order valence-electron chi connectivity index (χ1n) is 6.02. The molecular formula is C14H13ClN2O3S. The van der Waals surface area contributed by atoms with Crippen LogP contribution < -0.4 is 9.62 Å². The lowest BCUT2D eigenvalue weighted by Gasteiger charge is -2.19. The van der Waals surface area contributed by atoms with Gasteiger partial charge in [-0.05, 0) is 31.2 Å². The van der Waals surface area contributed by atoms with Gasteiger partial charge in [0.25, 0.3) is 11.3 Å². The van der Waals surface area contributed by atoms with E-state index in [1.165, 1.54) is 12.1 Å². The number of halogens is 1. The van der Waals surface area contributed by atoms with Crippen LogP contribution >= 0.6 is 11.6 Å². The third-order valence-electron chi connectivity index (χ3n) is 2.71. The highest BCUT2D eigenvalue weighted by Gasteiger charge is 2.23. The third kappa shape index (κ3) is 3.81. The van der Waals surface area contributed by atoms with Crippen LogP contribution in [0.2, 0.25) is 5.02 Å². The standard InChI is InChI=1S/C14H13ClN2O3S/c1-10-6-8-11(9-7-10)16-14(18)17(21(19)20)13-5-3-2-4-12(13)15/h2-9H,1H3,(H,16,18)(H,19,20). The number of hydrogen-bond acceptors (Lipinski definition) is 2. The Hall–Kier alpha value is -1.89. The second-order valence-corrected chi connectivity index (χ2v) is 5.51. The van der Waals surface area contributed by atoms with Gasteiger partial charge in [0.15, 0.2) is 0 Å². The van der Waals surface area contributed by atoms with Crippen molar-refractivity contribution in [2.75, 3.05) is 9.62 Å². The molecule has 0 saturated heterocycles. The number of anilines is 2. The molecule has 0 radical (unpaired) electrons. The summed E-state index contributed by atoms with van der Waals surface area (Å²) in [7, 11) is 0. The van der Waals surface area contributed by atoms with Crippen LogP contribution in [0.3, 0.4) is 0 Å². The number of rotatable bonds is 3. The molecule has 0 bridgehead atoms. The summed E-state index contributed by atoms with van der Waals surface area (Å²) in [6.07, 6.45) is 0. The van der Waals surface area contributed by atoms with Crippen LogP contribution in [0.25, 0.3) is 0 Å². The fourth-order valence-electron chi connectivity index (χ4n) is 1.69. The average molecular weight is 325 g/mol. The van der Waals surface area contributed by atoms with E-state index in [4.69, 9.17) is 11.6 Å². The molecule has 1 unspecified atom stereocenters. The van der Waals surface area contributed by atoms with Gasteiger partial charge < -0.3 is 5.32 Å². The first-order chi connectivity index (χ1) is 9.99. The topological polar surface area (TPSA) is 69.6 Å². The molecule has 2 rings (SSSR count). The zero-order valence-corrected chi connectivity index (χ0v) is 12.7. The quantitative estimate of drug-likeness (QED) is 0.843. The van der Waals surface area contributed by atoms with Crippen LogP contribution in [0.1, 0.15) is 5.56 Å². The lowest BCUT2D eigenvalue weighted by Crippen LogP contribution is -2.36. The van der Waals surface area contributed by atoms with E-state index in [1.807, 2.05) is 19.1 Å². The summed E-state index contributed by atoms with van der Waals surface area (Å²) in [4.78, 5) is 12.2. The molecule has 0 spiro atoms. The van der Waals surface area contributed by atoms with E-state index in [2.05, 4.69) is 5.32 Å². The van der Waals surface area contributed by atoms with Crippen molar-refractivity contribution in [1.82, 2.24) is 0 Å². The molecule has 2 N–H and O–H groups in total. The maximum Gasteiger partial charge on any atom is 0.340 e. The Kier molecular flexibility index (Phi) is 4.95. The van der Waals surface area contributed by atoms with Gasteiger partial charge in [0.1, 0.15) is 0 Å². The Bertz CT molecular complexity index is 676. The minimum absolute atomic E-state index is 0.157. The third-order valence-corrected chi connectivity index (χ3v) is 3.71. The molecule has 21 heavy (non-hydrogen) atoms. The fourth-order valence-corrected chi connectivity index (χ4v) is 2.48. The molecular weight excluding hydrogens is 312 g/mol. The average Bonchev–Trinajstić information content (AvgIpc) is 2.43. The van der Waals surface area contributed by atoms with Crippen LogP contribution in [0.4, 0.5) is 16.2 Å². The zero-order chi connectivity index (χ0) is 15.4. The first-order valence-corrected chi connectivity index (χ1v) is 7.46. The number of nitrogens with one attached hydrogen (secondary N) is 1. The predicted octanol–water partition coefficient (Wildman–Crippen LogP) is 3.82. The van der Waals surface area contributed by atoms with E-state index in [9.17, 15) is 13.6 Å². The van der Waals surface area contributed by atoms with E-state index < -0.39 is 17.3 Å². The molecule has 5 nitrogen and oxygen atoms in total. The number of aryl methyl sites for hydroxylation is 1. The van der Waals surface area contributed by atoms with Crippen molar-refractivity contribution in [2.24, 2.45) is 0 Å². The molecule has 0 aliphatic carbocycles. The van der Waals surface area contributed by atoms with E-state index >= 15 is 0 Å². The highest BCUT2D eigenvalue weighted by atomic mass is 35.5. The minimum Gasteiger partial charge on any atom is -0.307 e. The predicted molar refractivity (Wildman–Crippen MR) is 84.9 cm³/mol. The summed E-state index contributed by atoms with van der Waals surface area (Å²) < 4.78 is 21.5. The van der Waals surface area contributed by atoms with Gasteiger partial charge in [0.2, 0.25) is 0 Å². The van der Waals surface area contributed by atoms with Crippen LogP contribution in [-0.4, -0.2) is 14.8 Å². The van der Waals surface area contributed by atoms with Crippen molar-refractivity contribution in [3.63, 3.8) is 0 Å². The van der Waals surface area contributed by atoms with Gasteiger partial charge >= 0.3 is 6.03 Å².